The van der Waals surface area contributed by atoms with Crippen LogP contribution in [0.2, 0.25) is 0 Å². The summed E-state index contributed by atoms with van der Waals surface area (Å²) in [4.78, 5) is 19.7. The van der Waals surface area contributed by atoms with E-state index in [1.165, 1.54) is 0 Å². The molecule has 148 valence electrons. The Morgan fingerprint density at radius 1 is 1.15 bits per heavy atom. The first-order valence-corrected chi connectivity index (χ1v) is 8.08. The summed E-state index contributed by atoms with van der Waals surface area (Å²) in [5, 5.41) is 11.6. The fourth-order valence-electron chi connectivity index (χ4n) is 3.02. The number of hydrogen-bond donors (Lipinski definition) is 2. The lowest BCUT2D eigenvalue weighted by Crippen LogP contribution is -2.15. The number of rotatable bonds is 6. The minimum Gasteiger partial charge on any atom is -0.507 e. The fourth-order valence-corrected chi connectivity index (χ4v) is 3.02. The molecule has 6 nitrogen and oxygen atoms in total. The molecule has 0 saturated heterocycles. The zero-order chi connectivity index (χ0) is 18.0. The largest absolute Gasteiger partial charge is 0.507 e. The molecule has 1 heterocycles. The van der Waals surface area contributed by atoms with E-state index in [0.29, 0.717) is 25.3 Å². The summed E-state index contributed by atoms with van der Waals surface area (Å²) in [6.07, 6.45) is 0. The van der Waals surface area contributed by atoms with Crippen LogP contribution in [0.25, 0.3) is 10.9 Å². The summed E-state index contributed by atoms with van der Waals surface area (Å²) in [5.74, 6) is -0.115. The molecule has 2 aromatic rings. The molecular formula is C18H29Cl2N3O3. The van der Waals surface area contributed by atoms with Crippen molar-refractivity contribution in [3.63, 3.8) is 0 Å². The molecular weight excluding hydrogens is 377 g/mol. The number of phenols is 1. The van der Waals surface area contributed by atoms with Crippen LogP contribution in [-0.4, -0.2) is 60.7 Å². The van der Waals surface area contributed by atoms with E-state index < -0.39 is 0 Å². The number of aromatic hydroxyl groups is 1. The summed E-state index contributed by atoms with van der Waals surface area (Å²) in [5.41, 5.74) is 3.70. The van der Waals surface area contributed by atoms with Gasteiger partial charge in [0.05, 0.1) is 12.2 Å². The van der Waals surface area contributed by atoms with Crippen LogP contribution in [0.1, 0.15) is 34.1 Å². The highest BCUT2D eigenvalue weighted by atomic mass is 35.5. The molecule has 0 fully saturated rings. The van der Waals surface area contributed by atoms with Crippen molar-refractivity contribution >= 4 is 41.7 Å². The van der Waals surface area contributed by atoms with Gasteiger partial charge in [0.2, 0.25) is 0 Å². The maximum absolute atomic E-state index is 12.4. The summed E-state index contributed by atoms with van der Waals surface area (Å²) < 4.78 is 5.21. The van der Waals surface area contributed by atoms with Crippen molar-refractivity contribution in [2.45, 2.75) is 26.9 Å². The van der Waals surface area contributed by atoms with E-state index in [9.17, 15) is 9.90 Å². The van der Waals surface area contributed by atoms with Gasteiger partial charge in [-0.1, -0.05) is 0 Å². The van der Waals surface area contributed by atoms with Gasteiger partial charge < -0.3 is 24.6 Å². The lowest BCUT2D eigenvalue weighted by Gasteiger charge is -2.18. The van der Waals surface area contributed by atoms with Crippen molar-refractivity contribution in [1.29, 1.82) is 0 Å². The van der Waals surface area contributed by atoms with Crippen molar-refractivity contribution in [1.82, 2.24) is 14.8 Å². The van der Waals surface area contributed by atoms with E-state index in [4.69, 9.17) is 4.74 Å². The maximum Gasteiger partial charge on any atom is 0.340 e. The number of H-pyrrole nitrogens is 1. The van der Waals surface area contributed by atoms with Gasteiger partial charge >= 0.3 is 5.97 Å². The molecule has 0 aliphatic carbocycles. The van der Waals surface area contributed by atoms with E-state index in [1.54, 1.807) is 6.92 Å². The molecule has 0 atom stereocenters. The van der Waals surface area contributed by atoms with Gasteiger partial charge in [-0.3, -0.25) is 0 Å². The Bertz CT molecular complexity index is 758. The van der Waals surface area contributed by atoms with Crippen LogP contribution in [0.15, 0.2) is 6.07 Å². The summed E-state index contributed by atoms with van der Waals surface area (Å²) in [6.45, 7) is 5.12. The third-order valence-corrected chi connectivity index (χ3v) is 3.87. The Labute approximate surface area is 167 Å². The van der Waals surface area contributed by atoms with E-state index in [-0.39, 0.29) is 36.5 Å². The molecule has 1 aromatic carbocycles. The number of nitrogens with zero attached hydrogens (tertiary/aromatic N) is 2. The number of ether oxygens (including phenoxy) is 1. The van der Waals surface area contributed by atoms with Crippen molar-refractivity contribution < 1.29 is 14.6 Å². The van der Waals surface area contributed by atoms with Crippen LogP contribution >= 0.6 is 24.8 Å². The van der Waals surface area contributed by atoms with Gasteiger partial charge in [0, 0.05) is 40.8 Å². The predicted molar refractivity (Wildman–Crippen MR) is 110 cm³/mol. The molecule has 0 amide bonds. The highest BCUT2D eigenvalue weighted by Gasteiger charge is 2.24. The van der Waals surface area contributed by atoms with Crippen molar-refractivity contribution in [3.05, 3.63) is 28.5 Å². The predicted octanol–water partition coefficient (Wildman–Crippen LogP) is 3.33. The first kappa shape index (κ1) is 24.5. The van der Waals surface area contributed by atoms with Gasteiger partial charge in [-0.05, 0) is 48.1 Å². The Hall–Kier alpha value is -1.47. The van der Waals surface area contributed by atoms with E-state index >= 15 is 0 Å². The fraction of sp³-hybridized carbons (Fsp3) is 0.500. The Morgan fingerprint density at radius 3 is 2.23 bits per heavy atom. The average Bonchev–Trinajstić information content (AvgIpc) is 2.78. The highest BCUT2D eigenvalue weighted by molar-refractivity contribution is 6.07. The second kappa shape index (κ2) is 10.0. The number of hydrogen-bond acceptors (Lipinski definition) is 5. The van der Waals surface area contributed by atoms with Crippen LogP contribution in [-0.2, 0) is 17.8 Å². The van der Waals surface area contributed by atoms with Gasteiger partial charge in [0.25, 0.3) is 0 Å². The lowest BCUT2D eigenvalue weighted by atomic mass is 9.99. The smallest absolute Gasteiger partial charge is 0.340 e. The standard InChI is InChI=1S/C18H27N3O3.2ClH/c1-7-24-18(23)15-11(2)19-14-8-12(9-20(3)4)17(22)13(16(14)15)10-21(5)6;;/h8,19,22H,7,9-10H2,1-6H3;2*1H. The molecule has 0 spiro atoms. The summed E-state index contributed by atoms with van der Waals surface area (Å²) >= 11 is 0. The number of aromatic amines is 1. The number of phenolic OH excluding ortho intramolecular Hbond substituents is 1. The van der Waals surface area contributed by atoms with E-state index in [2.05, 4.69) is 4.98 Å². The Morgan fingerprint density at radius 2 is 1.73 bits per heavy atom. The van der Waals surface area contributed by atoms with Gasteiger partial charge in [0.1, 0.15) is 5.75 Å². The molecule has 0 bridgehead atoms. The normalized spacial score (nSPS) is 10.8. The maximum atomic E-state index is 12.4. The van der Waals surface area contributed by atoms with Gasteiger partial charge in [-0.15, -0.1) is 24.8 Å². The lowest BCUT2D eigenvalue weighted by molar-refractivity contribution is 0.0528. The highest BCUT2D eigenvalue weighted by Crippen LogP contribution is 2.36. The molecule has 2 rings (SSSR count). The Balaban J connectivity index is 0.00000312. The summed E-state index contributed by atoms with van der Waals surface area (Å²) in [7, 11) is 7.79. The SMILES string of the molecule is CCOC(=O)c1c(C)[nH]c2cc(CN(C)C)c(O)c(CN(C)C)c12.Cl.Cl. The van der Waals surface area contributed by atoms with E-state index in [0.717, 1.165) is 27.7 Å². The molecule has 0 saturated carbocycles. The van der Waals surface area contributed by atoms with Crippen LogP contribution in [0, 0.1) is 6.92 Å². The van der Waals surface area contributed by atoms with Crippen LogP contribution in [0.3, 0.4) is 0 Å². The van der Waals surface area contributed by atoms with Crippen LogP contribution in [0.5, 0.6) is 5.75 Å². The number of aryl methyl sites for hydroxylation is 1. The average molecular weight is 406 g/mol. The monoisotopic (exact) mass is 405 g/mol. The molecule has 0 aliphatic rings. The second-order valence-electron chi connectivity index (χ2n) is 6.61. The molecule has 0 unspecified atom stereocenters. The second-order valence-corrected chi connectivity index (χ2v) is 6.61. The number of carbonyl (C=O) groups excluding carboxylic acids is 1. The first-order chi connectivity index (χ1) is 11.3. The molecule has 1 aromatic heterocycles. The van der Waals surface area contributed by atoms with E-state index in [1.807, 2.05) is 51.0 Å². The minimum absolute atomic E-state index is 0. The molecule has 0 aliphatic heterocycles. The third-order valence-electron chi connectivity index (χ3n) is 3.87. The molecule has 26 heavy (non-hydrogen) atoms. The number of halogens is 2. The molecule has 8 heteroatoms. The summed E-state index contributed by atoms with van der Waals surface area (Å²) in [6, 6.07) is 1.92. The number of benzene rings is 1. The van der Waals surface area contributed by atoms with Crippen molar-refractivity contribution in [2.75, 3.05) is 34.8 Å². The zero-order valence-corrected chi connectivity index (χ0v) is 17.8. The topological polar surface area (TPSA) is 68.8 Å². The van der Waals surface area contributed by atoms with Crippen LogP contribution < -0.4 is 0 Å². The van der Waals surface area contributed by atoms with Crippen molar-refractivity contribution in [3.8, 4) is 5.75 Å². The number of carbonyl (C=O) groups is 1. The van der Waals surface area contributed by atoms with Gasteiger partial charge in [0.15, 0.2) is 0 Å². The third kappa shape index (κ3) is 5.04. The quantitative estimate of drug-likeness (QED) is 0.721. The number of esters is 1. The van der Waals surface area contributed by atoms with Gasteiger partial charge in [-0.2, -0.15) is 0 Å². The molecule has 0 radical (unpaired) electrons. The number of fused-ring (bicyclic) bond motifs is 1. The minimum atomic E-state index is -0.360. The zero-order valence-electron chi connectivity index (χ0n) is 16.2. The first-order valence-electron chi connectivity index (χ1n) is 8.08. The Kier molecular flexibility index (Phi) is 9.45. The van der Waals surface area contributed by atoms with Crippen LogP contribution in [0.4, 0.5) is 0 Å². The van der Waals surface area contributed by atoms with Gasteiger partial charge in [-0.25, -0.2) is 4.79 Å². The van der Waals surface area contributed by atoms with Crippen molar-refractivity contribution in [2.24, 2.45) is 0 Å². The molecule has 2 N–H and O–H groups in total. The number of aromatic nitrogens is 1. The number of nitrogens with one attached hydrogen (secondary N) is 1.